The fraction of sp³-hybridized carbons (Fsp3) is 0.120. The zero-order valence-corrected chi connectivity index (χ0v) is 23.0. The maximum Gasteiger partial charge on any atom is 0.339 e. The molecule has 196 valence electrons. The van der Waals surface area contributed by atoms with Crippen LogP contribution in [0.15, 0.2) is 71.1 Å². The van der Waals surface area contributed by atoms with Gasteiger partial charge in [0, 0.05) is 0 Å². The summed E-state index contributed by atoms with van der Waals surface area (Å²) in [5, 5.41) is 23.4. The van der Waals surface area contributed by atoms with Crippen LogP contribution in [0.25, 0.3) is 6.08 Å². The molecule has 3 rings (SSSR count). The molecule has 0 saturated heterocycles. The minimum atomic E-state index is -4.16. The molecule has 0 aromatic heterocycles. The Hall–Kier alpha value is -4.16. The molecule has 0 radical (unpaired) electrons. The summed E-state index contributed by atoms with van der Waals surface area (Å²) >= 11 is 1.85. The summed E-state index contributed by atoms with van der Waals surface area (Å²) in [4.78, 5) is 23.5. The summed E-state index contributed by atoms with van der Waals surface area (Å²) in [5.74, 6) is -0.639. The lowest BCUT2D eigenvalue weighted by Gasteiger charge is -2.14. The van der Waals surface area contributed by atoms with E-state index in [9.17, 15) is 28.6 Å². The number of carbonyl (C=O) groups is 1. The van der Waals surface area contributed by atoms with E-state index in [0.717, 1.165) is 6.07 Å². The van der Waals surface area contributed by atoms with Crippen LogP contribution in [0.1, 0.15) is 12.5 Å². The summed E-state index contributed by atoms with van der Waals surface area (Å²) in [7, 11) is -2.82. The van der Waals surface area contributed by atoms with Gasteiger partial charge in [-0.05, 0) is 77.6 Å². The molecular formula is C25H20IN3O8S. The minimum absolute atomic E-state index is 0.0433. The van der Waals surface area contributed by atoms with Gasteiger partial charge in [0.05, 0.1) is 28.3 Å². The molecule has 0 spiro atoms. The molecule has 0 aliphatic rings. The fourth-order valence-electron chi connectivity index (χ4n) is 3.16. The van der Waals surface area contributed by atoms with E-state index in [4.69, 9.17) is 13.7 Å². The molecule has 0 bridgehead atoms. The molecule has 3 aromatic rings. The second kappa shape index (κ2) is 12.4. The molecule has 0 unspecified atom stereocenters. The number of rotatable bonds is 10. The summed E-state index contributed by atoms with van der Waals surface area (Å²) in [6.45, 7) is 1.87. The number of amides is 1. The maximum absolute atomic E-state index is 12.8. The first-order chi connectivity index (χ1) is 18.1. The average Bonchev–Trinajstić information content (AvgIpc) is 2.90. The van der Waals surface area contributed by atoms with Crippen LogP contribution >= 0.6 is 22.6 Å². The van der Waals surface area contributed by atoms with Gasteiger partial charge in [-0.25, -0.2) is 0 Å². The molecule has 13 heteroatoms. The third-order valence-electron chi connectivity index (χ3n) is 4.88. The maximum atomic E-state index is 12.8. The van der Waals surface area contributed by atoms with Crippen molar-refractivity contribution in [2.24, 2.45) is 0 Å². The van der Waals surface area contributed by atoms with E-state index in [2.05, 4.69) is 5.32 Å². The molecule has 0 atom stereocenters. The Morgan fingerprint density at radius 2 is 1.89 bits per heavy atom. The van der Waals surface area contributed by atoms with Crippen molar-refractivity contribution in [3.63, 3.8) is 0 Å². The first kappa shape index (κ1) is 28.4. The van der Waals surface area contributed by atoms with Crippen molar-refractivity contribution in [2.75, 3.05) is 19.0 Å². The monoisotopic (exact) mass is 649 g/mol. The second-order valence-corrected chi connectivity index (χ2v) is 10.1. The molecule has 3 aromatic carbocycles. The fourth-order valence-corrected chi connectivity index (χ4v) is 5.02. The summed E-state index contributed by atoms with van der Waals surface area (Å²) in [6, 6.07) is 16.1. The van der Waals surface area contributed by atoms with Gasteiger partial charge in [0.25, 0.3) is 11.6 Å². The molecule has 38 heavy (non-hydrogen) atoms. The number of nitriles is 1. The van der Waals surface area contributed by atoms with Gasteiger partial charge in [0.1, 0.15) is 28.0 Å². The van der Waals surface area contributed by atoms with Crippen LogP contribution < -0.4 is 19.0 Å². The van der Waals surface area contributed by atoms with Gasteiger partial charge in [-0.3, -0.25) is 14.9 Å². The molecule has 11 nitrogen and oxygen atoms in total. The lowest BCUT2D eigenvalue weighted by Crippen LogP contribution is -2.14. The van der Waals surface area contributed by atoms with Gasteiger partial charge in [0.15, 0.2) is 11.5 Å². The number of carbonyl (C=O) groups excluding carboxylic acids is 1. The van der Waals surface area contributed by atoms with Crippen molar-refractivity contribution in [3.8, 4) is 23.3 Å². The Kier molecular flexibility index (Phi) is 9.26. The van der Waals surface area contributed by atoms with Crippen molar-refractivity contribution in [3.05, 3.63) is 85.5 Å². The Morgan fingerprint density at radius 3 is 2.50 bits per heavy atom. The van der Waals surface area contributed by atoms with Crippen LogP contribution in [-0.4, -0.2) is 33.0 Å². The molecule has 1 amide bonds. The number of hydrogen-bond acceptors (Lipinski definition) is 9. The van der Waals surface area contributed by atoms with Crippen molar-refractivity contribution < 1.29 is 31.8 Å². The largest absolute Gasteiger partial charge is 0.496 e. The van der Waals surface area contributed by atoms with E-state index in [0.29, 0.717) is 9.13 Å². The molecule has 0 aliphatic carbocycles. The number of nitrogens with one attached hydrogen (secondary N) is 1. The number of nitro groups is 1. The van der Waals surface area contributed by atoms with Crippen LogP contribution in [0, 0.1) is 25.0 Å². The molecule has 0 heterocycles. The lowest BCUT2D eigenvalue weighted by molar-refractivity contribution is -0.384. The highest BCUT2D eigenvalue weighted by molar-refractivity contribution is 14.1. The SMILES string of the molecule is CCOc1cc(/C=C(\C#N)C(=O)Nc2ccc(OC)cc2[N+](=O)[O-])cc(I)c1OS(=O)(=O)c1ccccc1. The van der Waals surface area contributed by atoms with Crippen LogP contribution in [0.4, 0.5) is 11.4 Å². The highest BCUT2D eigenvalue weighted by Gasteiger charge is 2.23. The normalized spacial score (nSPS) is 11.3. The Labute approximate surface area is 232 Å². The number of methoxy groups -OCH3 is 1. The first-order valence-electron chi connectivity index (χ1n) is 10.8. The number of ether oxygens (including phenoxy) is 2. The zero-order valence-electron chi connectivity index (χ0n) is 20.0. The van der Waals surface area contributed by atoms with Gasteiger partial charge < -0.3 is 19.0 Å². The number of halogens is 1. The predicted molar refractivity (Wildman–Crippen MR) is 146 cm³/mol. The van der Waals surface area contributed by atoms with E-state index in [1.807, 2.05) is 22.6 Å². The number of hydrogen-bond donors (Lipinski definition) is 1. The smallest absolute Gasteiger partial charge is 0.339 e. The number of anilines is 1. The average molecular weight is 649 g/mol. The summed E-state index contributed by atoms with van der Waals surface area (Å²) < 4.78 is 41.8. The van der Waals surface area contributed by atoms with E-state index in [-0.39, 0.29) is 40.0 Å². The van der Waals surface area contributed by atoms with Crippen LogP contribution in [0.3, 0.4) is 0 Å². The summed E-state index contributed by atoms with van der Waals surface area (Å²) in [6.07, 6.45) is 1.24. The van der Waals surface area contributed by atoms with Crippen molar-refractivity contribution in [1.29, 1.82) is 5.26 Å². The standard InChI is InChI=1S/C25H20IN3O8S/c1-3-36-23-13-16(12-20(26)24(23)37-38(33,34)19-7-5-4-6-8-19)11-17(15-27)25(30)28-21-10-9-18(35-2)14-22(21)29(31)32/h4-14H,3H2,1-2H3,(H,28,30)/b17-11+. The Morgan fingerprint density at radius 1 is 1.18 bits per heavy atom. The number of nitrogens with zero attached hydrogens (tertiary/aromatic N) is 2. The molecule has 0 saturated carbocycles. The minimum Gasteiger partial charge on any atom is -0.496 e. The Balaban J connectivity index is 1.95. The second-order valence-electron chi connectivity index (χ2n) is 7.38. The highest BCUT2D eigenvalue weighted by atomic mass is 127. The Bertz CT molecular complexity index is 1550. The predicted octanol–water partition coefficient (Wildman–Crippen LogP) is 4.92. The summed E-state index contributed by atoms with van der Waals surface area (Å²) in [5.41, 5.74) is -0.567. The molecule has 0 fully saturated rings. The lowest BCUT2D eigenvalue weighted by atomic mass is 10.1. The van der Waals surface area contributed by atoms with Crippen molar-refractivity contribution in [1.82, 2.24) is 0 Å². The van der Waals surface area contributed by atoms with E-state index >= 15 is 0 Å². The van der Waals surface area contributed by atoms with E-state index in [1.165, 1.54) is 49.6 Å². The zero-order chi connectivity index (χ0) is 27.9. The third kappa shape index (κ3) is 6.78. The molecule has 0 aliphatic heterocycles. The van der Waals surface area contributed by atoms with E-state index in [1.54, 1.807) is 31.2 Å². The van der Waals surface area contributed by atoms with E-state index < -0.39 is 26.6 Å². The first-order valence-corrected chi connectivity index (χ1v) is 13.3. The van der Waals surface area contributed by atoms with Crippen molar-refractivity contribution in [2.45, 2.75) is 11.8 Å². The van der Waals surface area contributed by atoms with Gasteiger partial charge >= 0.3 is 10.1 Å². The number of benzene rings is 3. The van der Waals surface area contributed by atoms with Gasteiger partial charge in [0.2, 0.25) is 0 Å². The number of nitro benzene ring substituents is 1. The van der Waals surface area contributed by atoms with Crippen LogP contribution in [0.2, 0.25) is 0 Å². The molecule has 1 N–H and O–H groups in total. The van der Waals surface area contributed by atoms with Crippen molar-refractivity contribution >= 4 is 56.1 Å². The van der Waals surface area contributed by atoms with Gasteiger partial charge in [-0.1, -0.05) is 18.2 Å². The quantitative estimate of drug-likeness (QED) is 0.0804. The third-order valence-corrected chi connectivity index (χ3v) is 6.92. The topological polar surface area (TPSA) is 158 Å². The van der Waals surface area contributed by atoms with Crippen LogP contribution in [-0.2, 0) is 14.9 Å². The van der Waals surface area contributed by atoms with Gasteiger partial charge in [-0.2, -0.15) is 13.7 Å². The highest BCUT2D eigenvalue weighted by Crippen LogP contribution is 2.37. The van der Waals surface area contributed by atoms with Gasteiger partial charge in [-0.15, -0.1) is 0 Å². The van der Waals surface area contributed by atoms with Crippen LogP contribution in [0.5, 0.6) is 17.2 Å². The molecular weight excluding hydrogens is 629 g/mol.